The minimum absolute atomic E-state index is 0.409. The number of carboxylic acids is 1. The first-order valence-electron chi connectivity index (χ1n) is 3.97. The molecule has 1 aliphatic heterocycles. The molecule has 0 aromatic heterocycles. The van der Waals surface area contributed by atoms with Crippen molar-refractivity contribution in [2.24, 2.45) is 0 Å². The van der Waals surface area contributed by atoms with Crippen LogP contribution in [0.5, 0.6) is 0 Å². The molecule has 0 aromatic rings. The molecule has 2 atom stereocenters. The van der Waals surface area contributed by atoms with Gasteiger partial charge in [0.05, 0.1) is 4.92 Å². The number of hydrogen-bond donors (Lipinski definition) is 3. The van der Waals surface area contributed by atoms with E-state index in [0.717, 1.165) is 0 Å². The zero-order chi connectivity index (χ0) is 9.84. The summed E-state index contributed by atoms with van der Waals surface area (Å²) in [5.41, 5.74) is 0. The Morgan fingerprint density at radius 3 is 2.85 bits per heavy atom. The van der Waals surface area contributed by atoms with Gasteiger partial charge in [-0.1, -0.05) is 0 Å². The normalized spacial score (nSPS) is 29.2. The molecule has 1 rings (SSSR count). The molecule has 0 aliphatic carbocycles. The molecule has 2 unspecified atom stereocenters. The summed E-state index contributed by atoms with van der Waals surface area (Å²) in [6.45, 7) is 0.461. The van der Waals surface area contributed by atoms with Gasteiger partial charge in [-0.15, -0.1) is 0 Å². The predicted octanol–water partition coefficient (Wildman–Crippen LogP) is -1.03. The summed E-state index contributed by atoms with van der Waals surface area (Å²) in [5.74, 6) is -1.05. The highest BCUT2D eigenvalue weighted by Crippen LogP contribution is 2.02. The third kappa shape index (κ3) is 2.63. The number of carbonyl (C=O) groups is 1. The average Bonchev–Trinajstić information content (AvgIpc) is 2.28. The van der Waals surface area contributed by atoms with Gasteiger partial charge in [0, 0.05) is 6.54 Å². The number of carboxylic acid groups (broad SMARTS) is 1. The molecule has 0 radical (unpaired) electrons. The van der Waals surface area contributed by atoms with E-state index in [0.29, 0.717) is 19.4 Å². The van der Waals surface area contributed by atoms with Crippen molar-refractivity contribution in [2.45, 2.75) is 25.2 Å². The first-order valence-corrected chi connectivity index (χ1v) is 3.97. The van der Waals surface area contributed by atoms with Gasteiger partial charge in [0.1, 0.15) is 6.04 Å². The van der Waals surface area contributed by atoms with E-state index >= 15 is 0 Å². The van der Waals surface area contributed by atoms with Crippen molar-refractivity contribution in [3.63, 3.8) is 0 Å². The first-order chi connectivity index (χ1) is 6.11. The molecule has 1 aliphatic rings. The number of nitrogens with one attached hydrogen (secondary N) is 2. The Bertz CT molecular complexity index is 198. The lowest BCUT2D eigenvalue weighted by Gasteiger charge is -2.12. The molecule has 74 valence electrons. The minimum Gasteiger partial charge on any atom is -0.480 e. The Hall–Kier alpha value is -1.21. The Balaban J connectivity index is 2.59. The van der Waals surface area contributed by atoms with Crippen molar-refractivity contribution in [2.75, 3.05) is 6.54 Å². The van der Waals surface area contributed by atoms with E-state index in [4.69, 9.17) is 5.11 Å². The molecular weight excluding hydrogens is 178 g/mol. The number of rotatable bonds is 2. The molecule has 0 amide bonds. The summed E-state index contributed by atoms with van der Waals surface area (Å²) >= 11 is 0. The summed E-state index contributed by atoms with van der Waals surface area (Å²) in [7, 11) is 0. The van der Waals surface area contributed by atoms with Crippen LogP contribution in [0.25, 0.3) is 0 Å². The van der Waals surface area contributed by atoms with Gasteiger partial charge in [0.25, 0.3) is 0 Å². The lowest BCUT2D eigenvalue weighted by atomic mass is 10.2. The van der Waals surface area contributed by atoms with Crippen LogP contribution in [0.1, 0.15) is 12.8 Å². The fourth-order valence-corrected chi connectivity index (χ4v) is 1.21. The third-order valence-corrected chi connectivity index (χ3v) is 1.88. The Labute approximate surface area is 74.3 Å². The van der Waals surface area contributed by atoms with Crippen molar-refractivity contribution in [1.82, 2.24) is 10.6 Å². The van der Waals surface area contributed by atoms with Crippen molar-refractivity contribution in [1.29, 1.82) is 0 Å². The van der Waals surface area contributed by atoms with E-state index in [1.165, 1.54) is 0 Å². The Morgan fingerprint density at radius 2 is 2.31 bits per heavy atom. The Kier molecular flexibility index (Phi) is 3.15. The summed E-state index contributed by atoms with van der Waals surface area (Å²) in [6.07, 6.45) is -0.121. The summed E-state index contributed by atoms with van der Waals surface area (Å²) in [6, 6.07) is -0.828. The summed E-state index contributed by atoms with van der Waals surface area (Å²) in [5, 5.41) is 24.0. The van der Waals surface area contributed by atoms with Crippen LogP contribution in [0.3, 0.4) is 0 Å². The monoisotopic (exact) mass is 189 g/mol. The van der Waals surface area contributed by atoms with E-state index < -0.39 is 23.2 Å². The van der Waals surface area contributed by atoms with Crippen LogP contribution < -0.4 is 10.6 Å². The van der Waals surface area contributed by atoms with Gasteiger partial charge in [0.15, 0.2) is 0 Å². The maximum atomic E-state index is 10.6. The topological polar surface area (TPSA) is 104 Å². The van der Waals surface area contributed by atoms with E-state index in [9.17, 15) is 14.9 Å². The van der Waals surface area contributed by atoms with Crippen LogP contribution in [-0.2, 0) is 4.79 Å². The fraction of sp³-hybridized carbons (Fsp3) is 0.833. The summed E-state index contributed by atoms with van der Waals surface area (Å²) in [4.78, 5) is 20.4. The second-order valence-corrected chi connectivity index (χ2v) is 2.84. The first kappa shape index (κ1) is 9.87. The smallest absolute Gasteiger partial charge is 0.323 e. The number of hydrogen-bond acceptors (Lipinski definition) is 5. The van der Waals surface area contributed by atoms with Crippen molar-refractivity contribution in [3.8, 4) is 0 Å². The van der Waals surface area contributed by atoms with Crippen molar-refractivity contribution in [3.05, 3.63) is 10.1 Å². The number of aliphatic carboxylic acids is 1. The molecule has 0 aromatic carbocycles. The molecule has 13 heavy (non-hydrogen) atoms. The van der Waals surface area contributed by atoms with E-state index in [1.807, 2.05) is 0 Å². The van der Waals surface area contributed by atoms with Gasteiger partial charge < -0.3 is 5.11 Å². The molecule has 1 fully saturated rings. The zero-order valence-corrected chi connectivity index (χ0v) is 6.90. The summed E-state index contributed by atoms with van der Waals surface area (Å²) < 4.78 is 0. The number of nitrogens with zero attached hydrogens (tertiary/aromatic N) is 1. The van der Waals surface area contributed by atoms with Crippen molar-refractivity contribution < 1.29 is 14.8 Å². The molecule has 7 nitrogen and oxygen atoms in total. The molecule has 1 saturated heterocycles. The standard InChI is InChI=1S/C6H11N3O4/c10-5(11)4-2-1-3-7-6(8-4)9(12)13/h4,6-8H,1-3H2,(H,10,11). The minimum atomic E-state index is -1.15. The molecule has 0 bridgehead atoms. The van der Waals surface area contributed by atoms with Crippen LogP contribution in [0, 0.1) is 10.1 Å². The average molecular weight is 189 g/mol. The zero-order valence-electron chi connectivity index (χ0n) is 6.90. The van der Waals surface area contributed by atoms with Gasteiger partial charge in [0.2, 0.25) is 0 Å². The molecule has 3 N–H and O–H groups in total. The fourth-order valence-electron chi connectivity index (χ4n) is 1.21. The van der Waals surface area contributed by atoms with Gasteiger partial charge in [-0.2, -0.15) is 0 Å². The molecule has 7 heteroatoms. The van der Waals surface area contributed by atoms with Crippen molar-refractivity contribution >= 4 is 5.97 Å². The van der Waals surface area contributed by atoms with Crippen LogP contribution in [0.15, 0.2) is 0 Å². The van der Waals surface area contributed by atoms with Gasteiger partial charge in [-0.25, -0.2) is 10.6 Å². The van der Waals surface area contributed by atoms with E-state index in [1.54, 1.807) is 0 Å². The molecule has 0 spiro atoms. The number of nitro groups is 1. The molecule has 0 saturated carbocycles. The predicted molar refractivity (Wildman–Crippen MR) is 42.6 cm³/mol. The quantitative estimate of drug-likeness (QED) is 0.379. The van der Waals surface area contributed by atoms with Gasteiger partial charge in [-0.05, 0) is 12.8 Å². The second-order valence-electron chi connectivity index (χ2n) is 2.84. The van der Waals surface area contributed by atoms with Crippen LogP contribution in [-0.4, -0.2) is 34.9 Å². The van der Waals surface area contributed by atoms with Gasteiger partial charge >= 0.3 is 12.3 Å². The highest BCUT2D eigenvalue weighted by molar-refractivity contribution is 5.73. The van der Waals surface area contributed by atoms with E-state index in [2.05, 4.69) is 10.6 Å². The van der Waals surface area contributed by atoms with E-state index in [-0.39, 0.29) is 0 Å². The second kappa shape index (κ2) is 4.15. The highest BCUT2D eigenvalue weighted by atomic mass is 16.6. The highest BCUT2D eigenvalue weighted by Gasteiger charge is 2.29. The lowest BCUT2D eigenvalue weighted by molar-refractivity contribution is -0.536. The molecular formula is C6H11N3O4. The largest absolute Gasteiger partial charge is 0.480 e. The van der Waals surface area contributed by atoms with Gasteiger partial charge in [-0.3, -0.25) is 14.9 Å². The SMILES string of the molecule is O=C(O)C1CCCNC([N+](=O)[O-])N1. The Morgan fingerprint density at radius 1 is 1.62 bits per heavy atom. The van der Waals surface area contributed by atoms with Crippen LogP contribution in [0.2, 0.25) is 0 Å². The third-order valence-electron chi connectivity index (χ3n) is 1.88. The maximum absolute atomic E-state index is 10.6. The maximum Gasteiger partial charge on any atom is 0.323 e. The van der Waals surface area contributed by atoms with Crippen LogP contribution in [0.4, 0.5) is 0 Å². The molecule has 1 heterocycles. The lowest BCUT2D eigenvalue weighted by Crippen LogP contribution is -2.52. The van der Waals surface area contributed by atoms with Crippen LogP contribution >= 0.6 is 0 Å².